The normalized spacial score (nSPS) is 11.9. The summed E-state index contributed by atoms with van der Waals surface area (Å²) in [4.78, 5) is 1.13. The van der Waals surface area contributed by atoms with Gasteiger partial charge in [0.15, 0.2) is 0 Å². The van der Waals surface area contributed by atoms with Crippen molar-refractivity contribution in [3.63, 3.8) is 0 Å². The molecule has 0 aliphatic rings. The van der Waals surface area contributed by atoms with E-state index >= 15 is 0 Å². The van der Waals surface area contributed by atoms with Gasteiger partial charge >= 0.3 is 0 Å². The zero-order valence-electron chi connectivity index (χ0n) is 12.4. The average molecular weight is 274 g/mol. The summed E-state index contributed by atoms with van der Waals surface area (Å²) in [6, 6.07) is 6.67. The van der Waals surface area contributed by atoms with Crippen molar-refractivity contribution in [2.24, 2.45) is 5.73 Å². The van der Waals surface area contributed by atoms with E-state index in [-0.39, 0.29) is 5.41 Å². The molecule has 2 nitrogen and oxygen atoms in total. The van der Waals surface area contributed by atoms with Crippen molar-refractivity contribution in [3.05, 3.63) is 39.8 Å². The Morgan fingerprint density at radius 1 is 1.11 bits per heavy atom. The third kappa shape index (κ3) is 2.88. The minimum atomic E-state index is 0.179. The van der Waals surface area contributed by atoms with Crippen molar-refractivity contribution < 1.29 is 0 Å². The van der Waals surface area contributed by atoms with Crippen LogP contribution in [0.15, 0.2) is 18.2 Å². The quantitative estimate of drug-likeness (QED) is 0.892. The molecule has 0 saturated heterocycles. The van der Waals surface area contributed by atoms with Crippen LogP contribution >= 0.6 is 11.5 Å². The van der Waals surface area contributed by atoms with E-state index in [1.54, 1.807) is 0 Å². The molecule has 2 N–H and O–H groups in total. The summed E-state index contributed by atoms with van der Waals surface area (Å²) in [6.07, 6.45) is 0. The number of nitrogens with zero attached hydrogens (tertiary/aromatic N) is 1. The van der Waals surface area contributed by atoms with Gasteiger partial charge in [0.25, 0.3) is 0 Å². The van der Waals surface area contributed by atoms with Gasteiger partial charge in [-0.15, -0.1) is 0 Å². The molecule has 0 saturated carbocycles. The van der Waals surface area contributed by atoms with Gasteiger partial charge in [-0.05, 0) is 53.6 Å². The van der Waals surface area contributed by atoms with Crippen molar-refractivity contribution >= 4 is 11.5 Å². The Morgan fingerprint density at radius 2 is 1.68 bits per heavy atom. The smallest absolute Gasteiger partial charge is 0.0849 e. The lowest BCUT2D eigenvalue weighted by molar-refractivity contribution is 0.589. The molecule has 1 aromatic carbocycles. The van der Waals surface area contributed by atoms with Gasteiger partial charge in [0.1, 0.15) is 0 Å². The van der Waals surface area contributed by atoms with Gasteiger partial charge in [-0.3, -0.25) is 0 Å². The molecular weight excluding hydrogens is 252 g/mol. The summed E-state index contributed by atoms with van der Waals surface area (Å²) in [6.45, 7) is 11.6. The Labute approximate surface area is 119 Å². The van der Waals surface area contributed by atoms with Crippen molar-refractivity contribution in [1.29, 1.82) is 0 Å². The topological polar surface area (TPSA) is 38.9 Å². The zero-order chi connectivity index (χ0) is 14.2. The van der Waals surface area contributed by atoms with E-state index in [4.69, 9.17) is 5.73 Å². The predicted octanol–water partition coefficient (Wildman–Crippen LogP) is 4.18. The van der Waals surface area contributed by atoms with E-state index in [9.17, 15) is 0 Å². The SMILES string of the molecule is Cc1cc(C(C)(C)C)cc(C)c1-c1cc(CN)sn1. The Bertz CT molecular complexity index is 568. The second kappa shape index (κ2) is 5.06. The fraction of sp³-hybridized carbons (Fsp3) is 0.438. The third-order valence-electron chi connectivity index (χ3n) is 3.41. The minimum absolute atomic E-state index is 0.179. The van der Waals surface area contributed by atoms with Crippen LogP contribution in [0.5, 0.6) is 0 Å². The van der Waals surface area contributed by atoms with E-state index in [1.165, 1.54) is 33.8 Å². The van der Waals surface area contributed by atoms with Gasteiger partial charge in [0, 0.05) is 17.0 Å². The van der Waals surface area contributed by atoms with Crippen LogP contribution in [-0.4, -0.2) is 4.37 Å². The van der Waals surface area contributed by atoms with Crippen LogP contribution in [0.25, 0.3) is 11.3 Å². The van der Waals surface area contributed by atoms with Crippen molar-refractivity contribution in [1.82, 2.24) is 4.37 Å². The number of aromatic nitrogens is 1. The van der Waals surface area contributed by atoms with E-state index in [2.05, 4.69) is 57.2 Å². The van der Waals surface area contributed by atoms with Gasteiger partial charge in [-0.1, -0.05) is 32.9 Å². The number of benzene rings is 1. The van der Waals surface area contributed by atoms with Crippen LogP contribution in [0.4, 0.5) is 0 Å². The third-order valence-corrected chi connectivity index (χ3v) is 4.22. The van der Waals surface area contributed by atoms with Crippen LogP contribution in [0.2, 0.25) is 0 Å². The summed E-state index contributed by atoms with van der Waals surface area (Å²) in [5.41, 5.74) is 12.1. The van der Waals surface area contributed by atoms with Crippen LogP contribution in [0, 0.1) is 13.8 Å². The second-order valence-corrected chi connectivity index (χ2v) is 7.01. The summed E-state index contributed by atoms with van der Waals surface area (Å²) in [7, 11) is 0. The highest BCUT2D eigenvalue weighted by Crippen LogP contribution is 2.33. The molecule has 0 amide bonds. The van der Waals surface area contributed by atoms with Crippen LogP contribution in [0.1, 0.15) is 42.3 Å². The Morgan fingerprint density at radius 3 is 2.11 bits per heavy atom. The van der Waals surface area contributed by atoms with Gasteiger partial charge in [0.2, 0.25) is 0 Å². The van der Waals surface area contributed by atoms with E-state index in [0.29, 0.717) is 6.54 Å². The lowest BCUT2D eigenvalue weighted by Crippen LogP contribution is -2.12. The van der Waals surface area contributed by atoms with Crippen molar-refractivity contribution in [2.45, 2.75) is 46.6 Å². The number of hydrogen-bond donors (Lipinski definition) is 1. The molecular formula is C16H22N2S. The van der Waals surface area contributed by atoms with Crippen molar-refractivity contribution in [2.75, 3.05) is 0 Å². The van der Waals surface area contributed by atoms with Gasteiger partial charge < -0.3 is 5.73 Å². The highest BCUT2D eigenvalue weighted by Gasteiger charge is 2.17. The lowest BCUT2D eigenvalue weighted by Gasteiger charge is -2.22. The molecule has 0 fully saturated rings. The van der Waals surface area contributed by atoms with Crippen LogP contribution in [0.3, 0.4) is 0 Å². The minimum Gasteiger partial charge on any atom is -0.326 e. The molecule has 0 aliphatic carbocycles. The molecule has 1 heterocycles. The average Bonchev–Trinajstić information content (AvgIpc) is 2.75. The van der Waals surface area contributed by atoms with E-state index < -0.39 is 0 Å². The molecule has 2 aromatic rings. The van der Waals surface area contributed by atoms with Gasteiger partial charge in [0.05, 0.1) is 5.69 Å². The second-order valence-electron chi connectivity index (χ2n) is 6.12. The number of hydrogen-bond acceptors (Lipinski definition) is 3. The predicted molar refractivity (Wildman–Crippen MR) is 83.6 cm³/mol. The van der Waals surface area contributed by atoms with Crippen LogP contribution in [-0.2, 0) is 12.0 Å². The Balaban J connectivity index is 2.53. The maximum atomic E-state index is 5.67. The molecule has 0 spiro atoms. The molecule has 1 aromatic heterocycles. The molecule has 3 heteroatoms. The largest absolute Gasteiger partial charge is 0.326 e. The first kappa shape index (κ1) is 14.2. The maximum Gasteiger partial charge on any atom is 0.0849 e. The molecule has 0 atom stereocenters. The molecule has 19 heavy (non-hydrogen) atoms. The molecule has 0 aliphatic heterocycles. The summed E-state index contributed by atoms with van der Waals surface area (Å²) in [5.74, 6) is 0. The van der Waals surface area contributed by atoms with Crippen molar-refractivity contribution in [3.8, 4) is 11.3 Å². The number of aryl methyl sites for hydroxylation is 2. The van der Waals surface area contributed by atoms with Gasteiger partial charge in [-0.2, -0.15) is 4.37 Å². The molecule has 0 radical (unpaired) electrons. The maximum absolute atomic E-state index is 5.67. The zero-order valence-corrected chi connectivity index (χ0v) is 13.2. The molecule has 2 rings (SSSR count). The number of nitrogens with two attached hydrogens (primary N) is 1. The molecule has 0 bridgehead atoms. The highest BCUT2D eigenvalue weighted by atomic mass is 32.1. The first-order valence-electron chi connectivity index (χ1n) is 6.60. The van der Waals surface area contributed by atoms with Gasteiger partial charge in [-0.25, -0.2) is 0 Å². The Hall–Kier alpha value is -1.19. The number of rotatable bonds is 2. The molecule has 102 valence electrons. The van der Waals surface area contributed by atoms with Crippen LogP contribution < -0.4 is 5.73 Å². The first-order chi connectivity index (χ1) is 8.82. The monoisotopic (exact) mass is 274 g/mol. The fourth-order valence-electron chi connectivity index (χ4n) is 2.33. The first-order valence-corrected chi connectivity index (χ1v) is 7.38. The van der Waals surface area contributed by atoms with E-state index in [1.807, 2.05) is 0 Å². The van der Waals surface area contributed by atoms with E-state index in [0.717, 1.165) is 10.6 Å². The summed E-state index contributed by atoms with van der Waals surface area (Å²) < 4.78 is 4.53. The Kier molecular flexibility index (Phi) is 3.79. The summed E-state index contributed by atoms with van der Waals surface area (Å²) >= 11 is 1.50. The lowest BCUT2D eigenvalue weighted by atomic mass is 9.83. The molecule has 0 unspecified atom stereocenters. The highest BCUT2D eigenvalue weighted by molar-refractivity contribution is 7.06. The summed E-state index contributed by atoms with van der Waals surface area (Å²) in [5, 5.41) is 0. The standard InChI is InChI=1S/C16H22N2S/c1-10-6-12(16(3,4)5)7-11(2)15(10)14-8-13(9-17)19-18-14/h6-8H,9,17H2,1-5H3. The fourth-order valence-corrected chi connectivity index (χ4v) is 2.93.